The van der Waals surface area contributed by atoms with Gasteiger partial charge in [-0.1, -0.05) is 0 Å². The second-order valence-electron chi connectivity index (χ2n) is 0.513. The Morgan fingerprint density at radius 2 is 0.800 bits per heavy atom. The molecule has 0 aromatic heterocycles. The van der Waals surface area contributed by atoms with Gasteiger partial charge in [0.15, 0.2) is 0 Å². The van der Waals surface area contributed by atoms with E-state index in [4.69, 9.17) is 19.2 Å². The summed E-state index contributed by atoms with van der Waals surface area (Å²) < 4.78 is 8.88. The molecule has 0 radical (unpaired) electrons. The van der Waals surface area contributed by atoms with E-state index in [-0.39, 0.29) is 99.6 Å². The minimum absolute atomic E-state index is 0. The summed E-state index contributed by atoms with van der Waals surface area (Å²) >= 11 is 0. The first-order valence-electron chi connectivity index (χ1n) is 0.783. The summed E-state index contributed by atoms with van der Waals surface area (Å²) in [4.78, 5) is 21.6. The SMILES string of the molecule is O.O.O=P(O)(O)O.[NaH].[NaH].[NaH]. The molecule has 0 aromatic carbocycles. The van der Waals surface area contributed by atoms with Crippen LogP contribution in [0, 0.1) is 0 Å². The molecule has 0 unspecified atom stereocenters. The van der Waals surface area contributed by atoms with Crippen molar-refractivity contribution >= 4 is 96.5 Å². The predicted octanol–water partition coefficient (Wildman–Crippen LogP) is -4.52. The molecule has 10 heteroatoms. The monoisotopic (exact) mass is 206 g/mol. The van der Waals surface area contributed by atoms with Crippen molar-refractivity contribution in [1.82, 2.24) is 0 Å². The summed E-state index contributed by atoms with van der Waals surface area (Å²) in [6, 6.07) is 0. The number of hydrogen-bond donors (Lipinski definition) is 3. The number of hydrogen-bond acceptors (Lipinski definition) is 1. The molecule has 0 fully saturated rings. The van der Waals surface area contributed by atoms with E-state index in [9.17, 15) is 0 Å². The van der Waals surface area contributed by atoms with Crippen LogP contribution in [0.3, 0.4) is 0 Å². The molecular formula is H10Na3O6P. The second kappa shape index (κ2) is 17.9. The van der Waals surface area contributed by atoms with Gasteiger partial charge < -0.3 is 25.6 Å². The summed E-state index contributed by atoms with van der Waals surface area (Å²) in [6.45, 7) is 0. The molecule has 0 saturated carbocycles. The van der Waals surface area contributed by atoms with Crippen LogP contribution in [0.15, 0.2) is 0 Å². The maximum atomic E-state index is 8.88. The van der Waals surface area contributed by atoms with Gasteiger partial charge in [0.2, 0.25) is 0 Å². The standard InChI is InChI=1S/3Na.H3O4P.2H2O.3H/c;;;1-5(2,3)4;;;;;/h;;;(H3,1,2,3,4);2*1H2;;;. The van der Waals surface area contributed by atoms with Crippen molar-refractivity contribution in [1.29, 1.82) is 0 Å². The van der Waals surface area contributed by atoms with Crippen molar-refractivity contribution in [3.05, 3.63) is 0 Å². The van der Waals surface area contributed by atoms with Crippen LogP contribution in [0.2, 0.25) is 0 Å². The van der Waals surface area contributed by atoms with Crippen molar-refractivity contribution < 1.29 is 30.2 Å². The molecule has 7 N–H and O–H groups in total. The van der Waals surface area contributed by atoms with Crippen LogP contribution in [0.1, 0.15) is 0 Å². The average molecular weight is 206 g/mol. The van der Waals surface area contributed by atoms with Crippen molar-refractivity contribution in [3.63, 3.8) is 0 Å². The first-order chi connectivity index (χ1) is 2.00. The van der Waals surface area contributed by atoms with Crippen molar-refractivity contribution in [2.24, 2.45) is 0 Å². The van der Waals surface area contributed by atoms with Gasteiger partial charge in [-0.3, -0.25) is 0 Å². The van der Waals surface area contributed by atoms with Crippen LogP contribution in [0.5, 0.6) is 0 Å². The molecule has 0 heterocycles. The Hall–Kier alpha value is 3.03. The molecule has 0 bridgehead atoms. The van der Waals surface area contributed by atoms with E-state index >= 15 is 0 Å². The van der Waals surface area contributed by atoms with Gasteiger partial charge in [-0.05, 0) is 0 Å². The average Bonchev–Trinajstić information content (AvgIpc) is 0.722. The molecule has 0 aliphatic heterocycles. The van der Waals surface area contributed by atoms with E-state index < -0.39 is 7.82 Å². The first-order valence-corrected chi connectivity index (χ1v) is 2.35. The van der Waals surface area contributed by atoms with Gasteiger partial charge in [-0.2, -0.15) is 0 Å². The summed E-state index contributed by atoms with van der Waals surface area (Å²) in [5.41, 5.74) is 0. The van der Waals surface area contributed by atoms with Gasteiger partial charge in [0.25, 0.3) is 0 Å². The molecular weight excluding hydrogens is 196 g/mol. The second-order valence-corrected chi connectivity index (χ2v) is 1.54. The molecule has 0 aromatic rings. The van der Waals surface area contributed by atoms with Crippen molar-refractivity contribution in [2.75, 3.05) is 0 Å². The van der Waals surface area contributed by atoms with Crippen LogP contribution in [0.25, 0.3) is 0 Å². The number of rotatable bonds is 0. The third-order valence-corrected chi connectivity index (χ3v) is 0. The zero-order valence-electron chi connectivity index (χ0n) is 3.20. The minimum atomic E-state index is -4.64. The van der Waals surface area contributed by atoms with Crippen LogP contribution in [0.4, 0.5) is 0 Å². The van der Waals surface area contributed by atoms with E-state index in [1.807, 2.05) is 0 Å². The molecule has 0 amide bonds. The van der Waals surface area contributed by atoms with Gasteiger partial charge in [-0.15, -0.1) is 0 Å². The molecule has 0 atom stereocenters. The van der Waals surface area contributed by atoms with Crippen LogP contribution in [-0.2, 0) is 4.57 Å². The molecule has 54 valence electrons. The molecule has 0 aliphatic carbocycles. The summed E-state index contributed by atoms with van der Waals surface area (Å²) in [5.74, 6) is 0. The third kappa shape index (κ3) is 121. The van der Waals surface area contributed by atoms with Gasteiger partial charge in [-0.25, -0.2) is 4.57 Å². The fourth-order valence-corrected chi connectivity index (χ4v) is 0. The van der Waals surface area contributed by atoms with Gasteiger partial charge in [0.1, 0.15) is 0 Å². The summed E-state index contributed by atoms with van der Waals surface area (Å²) in [6.07, 6.45) is 0. The van der Waals surface area contributed by atoms with Crippen molar-refractivity contribution in [2.45, 2.75) is 0 Å². The van der Waals surface area contributed by atoms with E-state index in [0.717, 1.165) is 0 Å². The van der Waals surface area contributed by atoms with Gasteiger partial charge >= 0.3 is 96.5 Å². The molecule has 6 nitrogen and oxygen atoms in total. The van der Waals surface area contributed by atoms with Gasteiger partial charge in [0, 0.05) is 0 Å². The fraction of sp³-hybridized carbons (Fsp3) is 0. The third-order valence-electron chi connectivity index (χ3n) is 0. The molecule has 0 spiro atoms. The quantitative estimate of drug-likeness (QED) is 0.271. The van der Waals surface area contributed by atoms with E-state index in [1.165, 1.54) is 0 Å². The molecule has 0 rings (SSSR count). The summed E-state index contributed by atoms with van der Waals surface area (Å²) in [5, 5.41) is 0. The Kier molecular flexibility index (Phi) is 68.5. The first kappa shape index (κ1) is 38.2. The molecule has 0 saturated heterocycles. The van der Waals surface area contributed by atoms with Crippen LogP contribution < -0.4 is 0 Å². The van der Waals surface area contributed by atoms with Gasteiger partial charge in [0.05, 0.1) is 0 Å². The Labute approximate surface area is 125 Å². The predicted molar refractivity (Wildman–Crippen MR) is 42.9 cm³/mol. The topological polar surface area (TPSA) is 141 Å². The van der Waals surface area contributed by atoms with Crippen LogP contribution >= 0.6 is 7.82 Å². The van der Waals surface area contributed by atoms with E-state index in [0.29, 0.717) is 0 Å². The zero-order valence-corrected chi connectivity index (χ0v) is 4.09. The Bertz CT molecular complexity index is 59.1. The summed E-state index contributed by atoms with van der Waals surface area (Å²) in [7, 11) is -4.64. The number of phosphoric acid groups is 1. The Morgan fingerprint density at radius 1 is 0.800 bits per heavy atom. The molecule has 10 heavy (non-hydrogen) atoms. The van der Waals surface area contributed by atoms with E-state index in [1.54, 1.807) is 0 Å². The fourth-order valence-electron chi connectivity index (χ4n) is 0. The Morgan fingerprint density at radius 3 is 0.800 bits per heavy atom. The maximum absolute atomic E-state index is 8.88. The van der Waals surface area contributed by atoms with Crippen LogP contribution in [-0.4, -0.2) is 114 Å². The zero-order chi connectivity index (χ0) is 4.50. The molecule has 0 aliphatic rings. The van der Waals surface area contributed by atoms with E-state index in [2.05, 4.69) is 0 Å². The Balaban J connectivity index is -0.00000000800. The van der Waals surface area contributed by atoms with Crippen molar-refractivity contribution in [3.8, 4) is 0 Å². The normalized spacial score (nSPS) is 5.90.